The lowest BCUT2D eigenvalue weighted by molar-refractivity contribution is 0.108. The Morgan fingerprint density at radius 2 is 1.84 bits per heavy atom. The van der Waals surface area contributed by atoms with Gasteiger partial charge in [-0.2, -0.15) is 0 Å². The number of hydrogen-bond donors (Lipinski definition) is 1. The zero-order chi connectivity index (χ0) is 13.9. The Labute approximate surface area is 117 Å². The zero-order valence-electron chi connectivity index (χ0n) is 12.3. The van der Waals surface area contributed by atoms with Crippen molar-refractivity contribution < 1.29 is 8.42 Å². The first-order valence-corrected chi connectivity index (χ1v) is 9.53. The Kier molecular flexibility index (Phi) is 5.26. The molecule has 0 aromatic rings. The van der Waals surface area contributed by atoms with E-state index in [2.05, 4.69) is 10.2 Å². The van der Waals surface area contributed by atoms with Gasteiger partial charge in [-0.3, -0.25) is 0 Å². The van der Waals surface area contributed by atoms with Gasteiger partial charge in [-0.05, 0) is 64.7 Å². The average molecular weight is 288 g/mol. The summed E-state index contributed by atoms with van der Waals surface area (Å²) in [6.45, 7) is 3.41. The Hall–Kier alpha value is -0.130. The Morgan fingerprint density at radius 3 is 2.42 bits per heavy atom. The molecule has 1 saturated heterocycles. The van der Waals surface area contributed by atoms with Crippen molar-refractivity contribution >= 4 is 9.84 Å². The highest BCUT2D eigenvalue weighted by atomic mass is 32.2. The van der Waals surface area contributed by atoms with Crippen LogP contribution in [0.4, 0.5) is 0 Å². The zero-order valence-corrected chi connectivity index (χ0v) is 13.1. The van der Waals surface area contributed by atoms with Crippen LogP contribution >= 0.6 is 0 Å². The minimum absolute atomic E-state index is 0.0960. The van der Waals surface area contributed by atoms with Crippen LogP contribution in [0.1, 0.15) is 38.5 Å². The van der Waals surface area contributed by atoms with E-state index >= 15 is 0 Å². The van der Waals surface area contributed by atoms with Crippen LogP contribution < -0.4 is 5.32 Å². The smallest absolute Gasteiger partial charge is 0.150 e. The molecule has 0 aromatic heterocycles. The first kappa shape index (κ1) is 15.3. The van der Waals surface area contributed by atoms with E-state index in [9.17, 15) is 8.42 Å². The highest BCUT2D eigenvalue weighted by molar-refractivity contribution is 7.91. The molecule has 112 valence electrons. The first-order chi connectivity index (χ1) is 9.00. The molecular formula is C14H28N2O2S. The monoisotopic (exact) mass is 288 g/mol. The quantitative estimate of drug-likeness (QED) is 0.846. The standard InChI is InChI=1S/C14H28N2O2S/c1-15-11-12-6-8-16(9-7-12)13-4-3-5-14(10-13)19(2,17)18/h12-15H,3-11H2,1-2H3. The van der Waals surface area contributed by atoms with Gasteiger partial charge in [-0.1, -0.05) is 6.42 Å². The van der Waals surface area contributed by atoms with Gasteiger partial charge in [0.25, 0.3) is 0 Å². The van der Waals surface area contributed by atoms with Crippen molar-refractivity contribution in [2.75, 3.05) is 32.9 Å². The molecule has 1 N–H and O–H groups in total. The summed E-state index contributed by atoms with van der Waals surface area (Å²) >= 11 is 0. The van der Waals surface area contributed by atoms with Gasteiger partial charge in [0.15, 0.2) is 0 Å². The number of piperidine rings is 1. The predicted octanol–water partition coefficient (Wildman–Crippen LogP) is 1.27. The summed E-state index contributed by atoms with van der Waals surface area (Å²) in [5.74, 6) is 0.801. The Morgan fingerprint density at radius 1 is 1.16 bits per heavy atom. The molecule has 0 aromatic carbocycles. The molecule has 0 radical (unpaired) electrons. The second kappa shape index (κ2) is 6.55. The largest absolute Gasteiger partial charge is 0.319 e. The van der Waals surface area contributed by atoms with Crippen LogP contribution in [0.25, 0.3) is 0 Å². The normalized spacial score (nSPS) is 31.5. The number of nitrogens with zero attached hydrogens (tertiary/aromatic N) is 1. The molecule has 2 fully saturated rings. The van der Waals surface area contributed by atoms with Gasteiger partial charge < -0.3 is 10.2 Å². The predicted molar refractivity (Wildman–Crippen MR) is 79.1 cm³/mol. The first-order valence-electron chi connectivity index (χ1n) is 7.58. The average Bonchev–Trinajstić information content (AvgIpc) is 2.39. The van der Waals surface area contributed by atoms with Crippen molar-refractivity contribution in [3.63, 3.8) is 0 Å². The van der Waals surface area contributed by atoms with Gasteiger partial charge in [0.05, 0.1) is 5.25 Å². The number of hydrogen-bond acceptors (Lipinski definition) is 4. The van der Waals surface area contributed by atoms with E-state index in [-0.39, 0.29) is 5.25 Å². The van der Waals surface area contributed by atoms with E-state index in [1.54, 1.807) is 0 Å². The Balaban J connectivity index is 1.86. The molecule has 2 rings (SSSR count). The van der Waals surface area contributed by atoms with Crippen molar-refractivity contribution in [2.45, 2.75) is 49.8 Å². The lowest BCUT2D eigenvalue weighted by Crippen LogP contribution is -2.46. The van der Waals surface area contributed by atoms with E-state index in [1.165, 1.54) is 25.5 Å². The number of likely N-dealkylation sites (tertiary alicyclic amines) is 1. The lowest BCUT2D eigenvalue weighted by Gasteiger charge is -2.41. The van der Waals surface area contributed by atoms with Crippen LogP contribution in [-0.4, -0.2) is 57.5 Å². The van der Waals surface area contributed by atoms with Crippen LogP contribution in [0.3, 0.4) is 0 Å². The number of sulfone groups is 1. The molecular weight excluding hydrogens is 260 g/mol. The summed E-state index contributed by atoms with van der Waals surface area (Å²) < 4.78 is 23.5. The summed E-state index contributed by atoms with van der Waals surface area (Å²) in [6.07, 6.45) is 7.88. The molecule has 0 spiro atoms. The molecule has 1 heterocycles. The summed E-state index contributed by atoms with van der Waals surface area (Å²) in [5, 5.41) is 3.16. The topological polar surface area (TPSA) is 49.4 Å². The summed E-state index contributed by atoms with van der Waals surface area (Å²) in [4.78, 5) is 2.55. The molecule has 0 bridgehead atoms. The van der Waals surface area contributed by atoms with Gasteiger partial charge >= 0.3 is 0 Å². The molecule has 1 aliphatic heterocycles. The van der Waals surface area contributed by atoms with Gasteiger partial charge in [0.2, 0.25) is 0 Å². The van der Waals surface area contributed by atoms with Crippen LogP contribution in [0.2, 0.25) is 0 Å². The summed E-state index contributed by atoms with van der Waals surface area (Å²) in [5.41, 5.74) is 0. The SMILES string of the molecule is CNCC1CCN(C2CCCC(S(C)(=O)=O)C2)CC1. The molecule has 2 aliphatic rings. The molecule has 2 atom stereocenters. The number of rotatable bonds is 4. The minimum Gasteiger partial charge on any atom is -0.319 e. The maximum Gasteiger partial charge on any atom is 0.150 e. The lowest BCUT2D eigenvalue weighted by atomic mass is 9.90. The van der Waals surface area contributed by atoms with Crippen LogP contribution in [0, 0.1) is 5.92 Å². The molecule has 1 aliphatic carbocycles. The van der Waals surface area contributed by atoms with E-state index in [4.69, 9.17) is 0 Å². The van der Waals surface area contributed by atoms with Crippen molar-refractivity contribution in [3.8, 4) is 0 Å². The van der Waals surface area contributed by atoms with E-state index in [0.29, 0.717) is 6.04 Å². The highest BCUT2D eigenvalue weighted by Gasteiger charge is 2.33. The van der Waals surface area contributed by atoms with Gasteiger partial charge in [0, 0.05) is 12.3 Å². The van der Waals surface area contributed by atoms with Gasteiger partial charge in [-0.15, -0.1) is 0 Å². The molecule has 19 heavy (non-hydrogen) atoms. The van der Waals surface area contributed by atoms with Gasteiger partial charge in [-0.25, -0.2) is 8.42 Å². The van der Waals surface area contributed by atoms with E-state index in [0.717, 1.165) is 44.8 Å². The van der Waals surface area contributed by atoms with Crippen molar-refractivity contribution in [1.29, 1.82) is 0 Å². The maximum absolute atomic E-state index is 11.7. The third-order valence-corrected chi connectivity index (χ3v) is 6.50. The van der Waals surface area contributed by atoms with Crippen molar-refractivity contribution in [2.24, 2.45) is 5.92 Å². The van der Waals surface area contributed by atoms with E-state index in [1.807, 2.05) is 7.05 Å². The molecule has 0 amide bonds. The Bertz CT molecular complexity index is 375. The third-order valence-electron chi connectivity index (χ3n) is 4.86. The number of nitrogens with one attached hydrogen (secondary N) is 1. The van der Waals surface area contributed by atoms with Crippen LogP contribution in [0.15, 0.2) is 0 Å². The van der Waals surface area contributed by atoms with Crippen molar-refractivity contribution in [1.82, 2.24) is 10.2 Å². The fourth-order valence-electron chi connectivity index (χ4n) is 3.65. The highest BCUT2D eigenvalue weighted by Crippen LogP contribution is 2.30. The van der Waals surface area contributed by atoms with Crippen LogP contribution in [0.5, 0.6) is 0 Å². The van der Waals surface area contributed by atoms with Gasteiger partial charge in [0.1, 0.15) is 9.84 Å². The molecule has 4 nitrogen and oxygen atoms in total. The minimum atomic E-state index is -2.85. The van der Waals surface area contributed by atoms with E-state index < -0.39 is 9.84 Å². The second-order valence-electron chi connectivity index (χ2n) is 6.31. The fraction of sp³-hybridized carbons (Fsp3) is 1.00. The van der Waals surface area contributed by atoms with Crippen LogP contribution in [-0.2, 0) is 9.84 Å². The molecule has 1 saturated carbocycles. The molecule has 5 heteroatoms. The summed E-state index contributed by atoms with van der Waals surface area (Å²) in [6, 6.07) is 0.504. The third kappa shape index (κ3) is 4.17. The maximum atomic E-state index is 11.7. The molecule has 2 unspecified atom stereocenters. The summed E-state index contributed by atoms with van der Waals surface area (Å²) in [7, 11) is -0.835. The van der Waals surface area contributed by atoms with Crippen molar-refractivity contribution in [3.05, 3.63) is 0 Å². The second-order valence-corrected chi connectivity index (χ2v) is 8.63. The fourth-order valence-corrected chi connectivity index (χ4v) is 4.82.